The van der Waals surface area contributed by atoms with Gasteiger partial charge in [-0.25, -0.2) is 4.98 Å². The number of amides is 1. The van der Waals surface area contributed by atoms with Gasteiger partial charge in [0.1, 0.15) is 11.3 Å². The van der Waals surface area contributed by atoms with E-state index in [1.54, 1.807) is 0 Å². The van der Waals surface area contributed by atoms with E-state index in [9.17, 15) is 4.79 Å². The Hall–Kier alpha value is -2.35. The van der Waals surface area contributed by atoms with Crippen molar-refractivity contribution in [2.45, 2.75) is 57.8 Å². The molecule has 28 heavy (non-hydrogen) atoms. The number of pyridine rings is 1. The summed E-state index contributed by atoms with van der Waals surface area (Å²) >= 11 is 0. The predicted octanol–water partition coefficient (Wildman–Crippen LogP) is 4.30. The number of hydrogen-bond acceptors (Lipinski definition) is 3. The number of carbonyl (C=O) groups is 1. The molecule has 2 heterocycles. The Balaban J connectivity index is 1.34. The summed E-state index contributed by atoms with van der Waals surface area (Å²) in [6.45, 7) is 2.80. The molecule has 2 aromatic rings. The number of imidazole rings is 1. The van der Waals surface area contributed by atoms with Crippen LogP contribution in [0.4, 0.5) is 0 Å². The fourth-order valence-electron chi connectivity index (χ4n) is 6.56. The zero-order valence-electron chi connectivity index (χ0n) is 16.5. The molecule has 0 radical (unpaired) electrons. The van der Waals surface area contributed by atoms with Crippen LogP contribution in [0.5, 0.6) is 0 Å². The summed E-state index contributed by atoms with van der Waals surface area (Å²) in [6.07, 6.45) is 10.5. The van der Waals surface area contributed by atoms with Gasteiger partial charge in [-0.3, -0.25) is 9.20 Å². The van der Waals surface area contributed by atoms with Gasteiger partial charge in [0.05, 0.1) is 11.8 Å². The summed E-state index contributed by atoms with van der Waals surface area (Å²) < 4.78 is 1.87. The highest BCUT2D eigenvalue weighted by molar-refractivity contribution is 5.93. The number of fused-ring (bicyclic) bond motifs is 1. The molecule has 0 saturated heterocycles. The topological polar surface area (TPSA) is 70.2 Å². The van der Waals surface area contributed by atoms with Crippen molar-refractivity contribution in [2.75, 3.05) is 6.54 Å². The van der Waals surface area contributed by atoms with Crippen LogP contribution in [-0.2, 0) is 0 Å². The van der Waals surface area contributed by atoms with Crippen molar-refractivity contribution in [2.24, 2.45) is 23.2 Å². The number of hydrogen-bond donors (Lipinski definition) is 1. The first-order valence-electron chi connectivity index (χ1n) is 10.7. The third-order valence-electron chi connectivity index (χ3n) is 7.43. The van der Waals surface area contributed by atoms with Gasteiger partial charge in [-0.05, 0) is 73.8 Å². The molecule has 2 aromatic heterocycles. The Morgan fingerprint density at radius 3 is 2.61 bits per heavy atom. The third-order valence-corrected chi connectivity index (χ3v) is 7.43. The van der Waals surface area contributed by atoms with Crippen LogP contribution in [-0.4, -0.2) is 21.8 Å². The summed E-state index contributed by atoms with van der Waals surface area (Å²) in [4.78, 5) is 17.7. The maximum Gasteiger partial charge on any atom is 0.268 e. The molecule has 4 saturated carbocycles. The van der Waals surface area contributed by atoms with Gasteiger partial charge in [0.2, 0.25) is 0 Å². The smallest absolute Gasteiger partial charge is 0.268 e. The lowest BCUT2D eigenvalue weighted by Gasteiger charge is -2.56. The van der Waals surface area contributed by atoms with Crippen molar-refractivity contribution < 1.29 is 4.79 Å². The lowest BCUT2D eigenvalue weighted by Crippen LogP contribution is -2.51. The summed E-state index contributed by atoms with van der Waals surface area (Å²) in [5, 5.41) is 12.2. The molecule has 1 unspecified atom stereocenters. The number of carbonyl (C=O) groups excluding carboxylic acids is 1. The van der Waals surface area contributed by atoms with Crippen molar-refractivity contribution in [3.05, 3.63) is 35.8 Å². The molecule has 146 valence electrons. The summed E-state index contributed by atoms with van der Waals surface area (Å²) in [6, 6.07) is 7.87. The fourth-order valence-corrected chi connectivity index (χ4v) is 6.56. The monoisotopic (exact) mass is 376 g/mol. The highest BCUT2D eigenvalue weighted by Gasteiger charge is 2.50. The maximum atomic E-state index is 13.0. The first-order valence-corrected chi connectivity index (χ1v) is 10.7. The SMILES string of the molecule is CC(CC#N)c1cn2c(C(=O)NCC34CC5CC(CC(C5)C3)C4)cccc2n1. The van der Waals surface area contributed by atoms with Crippen molar-refractivity contribution in [3.63, 3.8) is 0 Å². The number of aromatic nitrogens is 2. The largest absolute Gasteiger partial charge is 0.350 e. The van der Waals surface area contributed by atoms with Gasteiger partial charge in [0.15, 0.2) is 0 Å². The van der Waals surface area contributed by atoms with Crippen LogP contribution in [0, 0.1) is 34.5 Å². The second-order valence-corrected chi connectivity index (χ2v) is 9.67. The molecule has 1 atom stereocenters. The zero-order valence-corrected chi connectivity index (χ0v) is 16.5. The van der Waals surface area contributed by atoms with E-state index in [2.05, 4.69) is 16.4 Å². The predicted molar refractivity (Wildman–Crippen MR) is 107 cm³/mol. The van der Waals surface area contributed by atoms with Crippen LogP contribution in [0.3, 0.4) is 0 Å². The molecule has 4 fully saturated rings. The molecule has 1 amide bonds. The molecule has 4 aliphatic rings. The van der Waals surface area contributed by atoms with Gasteiger partial charge >= 0.3 is 0 Å². The van der Waals surface area contributed by atoms with Crippen LogP contribution in [0.15, 0.2) is 24.4 Å². The van der Waals surface area contributed by atoms with Crippen LogP contribution >= 0.6 is 0 Å². The molecular weight excluding hydrogens is 348 g/mol. The average Bonchev–Trinajstić information content (AvgIpc) is 3.10. The van der Waals surface area contributed by atoms with Gasteiger partial charge in [-0.2, -0.15) is 5.26 Å². The molecular formula is C23H28N4O. The third kappa shape index (κ3) is 2.99. The minimum atomic E-state index is -0.0155. The molecule has 6 rings (SSSR count). The van der Waals surface area contributed by atoms with Crippen LogP contribution < -0.4 is 5.32 Å². The second-order valence-electron chi connectivity index (χ2n) is 9.67. The van der Waals surface area contributed by atoms with Crippen LogP contribution in [0.1, 0.15) is 74.0 Å². The first kappa shape index (κ1) is 17.7. The average molecular weight is 377 g/mol. The Bertz CT molecular complexity index is 918. The molecule has 1 N–H and O–H groups in total. The number of nitriles is 1. The highest BCUT2D eigenvalue weighted by Crippen LogP contribution is 2.59. The Labute approximate surface area is 166 Å². The van der Waals surface area contributed by atoms with Crippen molar-refractivity contribution in [1.82, 2.24) is 14.7 Å². The first-order chi connectivity index (χ1) is 13.5. The van der Waals surface area contributed by atoms with Gasteiger partial charge < -0.3 is 5.32 Å². The Morgan fingerprint density at radius 1 is 1.29 bits per heavy atom. The number of nitrogens with one attached hydrogen (secondary N) is 1. The van der Waals surface area contributed by atoms with E-state index in [-0.39, 0.29) is 11.8 Å². The van der Waals surface area contributed by atoms with Crippen molar-refractivity contribution in [3.8, 4) is 6.07 Å². The van der Waals surface area contributed by atoms with E-state index < -0.39 is 0 Å². The number of nitrogens with zero attached hydrogens (tertiary/aromatic N) is 3. The van der Waals surface area contributed by atoms with Crippen LogP contribution in [0.25, 0.3) is 5.65 Å². The van der Waals surface area contributed by atoms with E-state index in [1.165, 1.54) is 38.5 Å². The maximum absolute atomic E-state index is 13.0. The van der Waals surface area contributed by atoms with Crippen molar-refractivity contribution >= 4 is 11.6 Å². The van der Waals surface area contributed by atoms with Gasteiger partial charge in [-0.1, -0.05) is 13.0 Å². The minimum Gasteiger partial charge on any atom is -0.350 e. The van der Waals surface area contributed by atoms with E-state index in [4.69, 9.17) is 5.26 Å². The Kier molecular flexibility index (Phi) is 4.19. The number of rotatable bonds is 5. The quantitative estimate of drug-likeness (QED) is 0.846. The summed E-state index contributed by atoms with van der Waals surface area (Å²) in [5.74, 6) is 2.73. The van der Waals surface area contributed by atoms with E-state index in [0.29, 0.717) is 17.5 Å². The van der Waals surface area contributed by atoms with Crippen molar-refractivity contribution in [1.29, 1.82) is 5.26 Å². The molecule has 5 heteroatoms. The summed E-state index contributed by atoms with van der Waals surface area (Å²) in [5.41, 5.74) is 2.59. The normalized spacial score (nSPS) is 31.6. The van der Waals surface area contributed by atoms with Crippen LogP contribution in [0.2, 0.25) is 0 Å². The Morgan fingerprint density at radius 2 is 1.96 bits per heavy atom. The molecule has 4 aliphatic carbocycles. The summed E-state index contributed by atoms with van der Waals surface area (Å²) in [7, 11) is 0. The molecule has 0 spiro atoms. The molecule has 5 nitrogen and oxygen atoms in total. The van der Waals surface area contributed by atoms with Gasteiger partial charge in [-0.15, -0.1) is 0 Å². The van der Waals surface area contributed by atoms with Gasteiger partial charge in [0.25, 0.3) is 5.91 Å². The van der Waals surface area contributed by atoms with E-state index >= 15 is 0 Å². The minimum absolute atomic E-state index is 0.0155. The zero-order chi connectivity index (χ0) is 19.3. The lowest BCUT2D eigenvalue weighted by molar-refractivity contribution is -0.0503. The fraction of sp³-hybridized carbons (Fsp3) is 0.609. The second kappa shape index (κ2) is 6.62. The molecule has 4 bridgehead atoms. The standard InChI is InChI=1S/C23H28N4O/c1-15(5-6-24)19-13-27-20(3-2-4-21(27)26-19)22(28)25-14-23-10-16-7-17(11-23)9-18(8-16)12-23/h2-4,13,15-18H,5,7-12,14H2,1H3,(H,25,28). The molecule has 0 aromatic carbocycles. The molecule has 0 aliphatic heterocycles. The van der Waals surface area contributed by atoms with E-state index in [0.717, 1.165) is 35.6 Å². The highest BCUT2D eigenvalue weighted by atomic mass is 16.1. The van der Waals surface area contributed by atoms with Gasteiger partial charge in [0, 0.05) is 25.1 Å². The van der Waals surface area contributed by atoms with E-state index in [1.807, 2.05) is 35.7 Å². The lowest BCUT2D eigenvalue weighted by atomic mass is 9.49.